The molecule has 3 aromatic carbocycles. The Balaban J connectivity index is 1.64. The molecule has 0 saturated carbocycles. The molecule has 0 aliphatic rings. The standard InChI is InChI=1S/C30H31N3O8S/c1-37-20-8-10-22(25(16-20)39-3)31-27(34)17-42-30-32-23-15-19(29(36)41-5)7-9-21(23)28(35)33(30)13-12-18-6-11-24(38-2)26(14-18)40-4/h6-11,14-16H,12-13,17H2,1-5H3,(H,31,34). The summed E-state index contributed by atoms with van der Waals surface area (Å²) in [6.07, 6.45) is 0.483. The molecule has 11 nitrogen and oxygen atoms in total. The number of nitrogens with one attached hydrogen (secondary N) is 1. The van der Waals surface area contributed by atoms with E-state index in [-0.39, 0.29) is 29.3 Å². The highest BCUT2D eigenvalue weighted by Crippen LogP contribution is 2.30. The van der Waals surface area contributed by atoms with Crippen LogP contribution in [0.15, 0.2) is 64.5 Å². The Labute approximate surface area is 246 Å². The van der Waals surface area contributed by atoms with Crippen LogP contribution in [0.5, 0.6) is 23.0 Å². The molecule has 0 aliphatic carbocycles. The van der Waals surface area contributed by atoms with Gasteiger partial charge in [0, 0.05) is 12.6 Å². The Kier molecular flexibility index (Phi) is 9.92. The van der Waals surface area contributed by atoms with Crippen LogP contribution < -0.4 is 29.8 Å². The number of anilines is 1. The fourth-order valence-corrected chi connectivity index (χ4v) is 5.07. The number of thioether (sulfide) groups is 1. The predicted octanol–water partition coefficient (Wildman–Crippen LogP) is 4.19. The van der Waals surface area contributed by atoms with Crippen LogP contribution in [-0.4, -0.2) is 62.7 Å². The van der Waals surface area contributed by atoms with Gasteiger partial charge in [0.2, 0.25) is 5.91 Å². The number of amides is 1. The molecular formula is C30H31N3O8S. The van der Waals surface area contributed by atoms with Gasteiger partial charge in [-0.25, -0.2) is 9.78 Å². The maximum atomic E-state index is 13.6. The van der Waals surface area contributed by atoms with E-state index in [0.29, 0.717) is 51.2 Å². The molecule has 1 aromatic heterocycles. The fourth-order valence-electron chi connectivity index (χ4n) is 4.25. The molecule has 0 spiro atoms. The Hall–Kier alpha value is -4.71. The average Bonchev–Trinajstić information content (AvgIpc) is 3.02. The predicted molar refractivity (Wildman–Crippen MR) is 159 cm³/mol. The fraction of sp³-hybridized carbons (Fsp3) is 0.267. The van der Waals surface area contributed by atoms with E-state index in [1.165, 1.54) is 30.9 Å². The van der Waals surface area contributed by atoms with Crippen molar-refractivity contribution in [1.29, 1.82) is 0 Å². The number of carbonyl (C=O) groups excluding carboxylic acids is 2. The molecular weight excluding hydrogens is 562 g/mol. The highest BCUT2D eigenvalue weighted by Gasteiger charge is 2.17. The van der Waals surface area contributed by atoms with Crippen LogP contribution in [0, 0.1) is 0 Å². The number of aryl methyl sites for hydroxylation is 1. The first-order valence-corrected chi connectivity index (χ1v) is 13.8. The summed E-state index contributed by atoms with van der Waals surface area (Å²) in [5.74, 6) is 1.30. The first kappa shape index (κ1) is 30.3. The molecule has 0 atom stereocenters. The number of methoxy groups -OCH3 is 5. The third-order valence-electron chi connectivity index (χ3n) is 6.43. The molecule has 42 heavy (non-hydrogen) atoms. The number of benzene rings is 3. The van der Waals surface area contributed by atoms with Crippen molar-refractivity contribution >= 4 is 40.2 Å². The van der Waals surface area contributed by atoms with E-state index in [1.807, 2.05) is 12.1 Å². The van der Waals surface area contributed by atoms with Gasteiger partial charge in [0.25, 0.3) is 5.56 Å². The van der Waals surface area contributed by atoms with Gasteiger partial charge in [0.15, 0.2) is 16.7 Å². The van der Waals surface area contributed by atoms with Crippen molar-refractivity contribution < 1.29 is 33.3 Å². The minimum Gasteiger partial charge on any atom is -0.497 e. The van der Waals surface area contributed by atoms with Crippen molar-refractivity contribution in [3.8, 4) is 23.0 Å². The molecule has 1 N–H and O–H groups in total. The van der Waals surface area contributed by atoms with Gasteiger partial charge in [-0.1, -0.05) is 17.8 Å². The molecule has 4 aromatic rings. The van der Waals surface area contributed by atoms with Gasteiger partial charge in [0.05, 0.1) is 63.5 Å². The van der Waals surface area contributed by atoms with E-state index >= 15 is 0 Å². The summed E-state index contributed by atoms with van der Waals surface area (Å²) < 4.78 is 27.7. The highest BCUT2D eigenvalue weighted by molar-refractivity contribution is 7.99. The lowest BCUT2D eigenvalue weighted by atomic mass is 10.1. The molecule has 0 radical (unpaired) electrons. The third-order valence-corrected chi connectivity index (χ3v) is 7.40. The topological polar surface area (TPSA) is 127 Å². The molecule has 0 aliphatic heterocycles. The van der Waals surface area contributed by atoms with Gasteiger partial charge < -0.3 is 29.0 Å². The summed E-state index contributed by atoms with van der Waals surface area (Å²) in [5.41, 5.74) is 1.69. The van der Waals surface area contributed by atoms with Crippen LogP contribution in [0.4, 0.5) is 5.69 Å². The van der Waals surface area contributed by atoms with Gasteiger partial charge in [-0.3, -0.25) is 14.2 Å². The van der Waals surface area contributed by atoms with E-state index < -0.39 is 5.97 Å². The second-order valence-electron chi connectivity index (χ2n) is 8.92. The highest BCUT2D eigenvalue weighted by atomic mass is 32.2. The smallest absolute Gasteiger partial charge is 0.337 e. The van der Waals surface area contributed by atoms with Crippen LogP contribution in [0.2, 0.25) is 0 Å². The summed E-state index contributed by atoms with van der Waals surface area (Å²) in [7, 11) is 7.44. The lowest BCUT2D eigenvalue weighted by molar-refractivity contribution is -0.113. The number of esters is 1. The van der Waals surface area contributed by atoms with Crippen molar-refractivity contribution in [3.63, 3.8) is 0 Å². The summed E-state index contributed by atoms with van der Waals surface area (Å²) in [4.78, 5) is 43.4. The molecule has 0 saturated heterocycles. The molecule has 1 heterocycles. The maximum absolute atomic E-state index is 13.6. The van der Waals surface area contributed by atoms with Gasteiger partial charge in [-0.2, -0.15) is 0 Å². The molecule has 0 fully saturated rings. The number of hydrogen-bond acceptors (Lipinski definition) is 10. The number of aromatic nitrogens is 2. The lowest BCUT2D eigenvalue weighted by Gasteiger charge is -2.15. The van der Waals surface area contributed by atoms with Crippen LogP contribution in [-0.2, 0) is 22.5 Å². The van der Waals surface area contributed by atoms with Crippen LogP contribution in [0.25, 0.3) is 10.9 Å². The Bertz CT molecular complexity index is 1670. The van der Waals surface area contributed by atoms with E-state index in [9.17, 15) is 14.4 Å². The van der Waals surface area contributed by atoms with Gasteiger partial charge in [0.1, 0.15) is 11.5 Å². The largest absolute Gasteiger partial charge is 0.497 e. The van der Waals surface area contributed by atoms with Gasteiger partial charge in [-0.15, -0.1) is 0 Å². The summed E-state index contributed by atoms with van der Waals surface area (Å²) in [6, 6.07) is 15.2. The number of carbonyl (C=O) groups is 2. The summed E-state index contributed by atoms with van der Waals surface area (Å²) >= 11 is 1.11. The van der Waals surface area contributed by atoms with Crippen LogP contribution in [0.3, 0.4) is 0 Å². The van der Waals surface area contributed by atoms with E-state index in [2.05, 4.69) is 10.3 Å². The lowest BCUT2D eigenvalue weighted by Crippen LogP contribution is -2.25. The molecule has 220 valence electrons. The Morgan fingerprint density at radius 1 is 0.857 bits per heavy atom. The second-order valence-corrected chi connectivity index (χ2v) is 9.86. The molecule has 12 heteroatoms. The Morgan fingerprint density at radius 2 is 1.62 bits per heavy atom. The zero-order chi connectivity index (χ0) is 30.2. The van der Waals surface area contributed by atoms with Gasteiger partial charge in [-0.05, 0) is 54.4 Å². The van der Waals surface area contributed by atoms with Crippen molar-refractivity contribution in [1.82, 2.24) is 9.55 Å². The zero-order valence-corrected chi connectivity index (χ0v) is 24.7. The van der Waals surface area contributed by atoms with Crippen molar-refractivity contribution in [2.45, 2.75) is 18.1 Å². The zero-order valence-electron chi connectivity index (χ0n) is 23.9. The number of nitrogens with zero attached hydrogens (tertiary/aromatic N) is 2. The summed E-state index contributed by atoms with van der Waals surface area (Å²) in [5, 5.41) is 3.49. The van der Waals surface area contributed by atoms with Crippen molar-refractivity contribution in [2.75, 3.05) is 46.6 Å². The molecule has 4 rings (SSSR count). The average molecular weight is 594 g/mol. The first-order chi connectivity index (χ1) is 20.3. The van der Waals surface area contributed by atoms with Crippen molar-refractivity contribution in [2.24, 2.45) is 0 Å². The van der Waals surface area contributed by atoms with E-state index in [1.54, 1.807) is 51.7 Å². The number of fused-ring (bicyclic) bond motifs is 1. The first-order valence-electron chi connectivity index (χ1n) is 12.8. The SMILES string of the molecule is COC(=O)c1ccc2c(=O)n(CCc3ccc(OC)c(OC)c3)c(SCC(=O)Nc3ccc(OC)cc3OC)nc2c1. The number of ether oxygens (including phenoxy) is 5. The molecule has 1 amide bonds. The van der Waals surface area contributed by atoms with Gasteiger partial charge >= 0.3 is 5.97 Å². The quantitative estimate of drug-likeness (QED) is 0.145. The molecule has 0 bridgehead atoms. The molecule has 0 unspecified atom stereocenters. The normalized spacial score (nSPS) is 10.7. The maximum Gasteiger partial charge on any atom is 0.337 e. The number of rotatable bonds is 12. The summed E-state index contributed by atoms with van der Waals surface area (Å²) in [6.45, 7) is 0.284. The Morgan fingerprint density at radius 3 is 2.31 bits per heavy atom. The number of hydrogen-bond donors (Lipinski definition) is 1. The minimum absolute atomic E-state index is 0.0415. The van der Waals surface area contributed by atoms with Crippen LogP contribution >= 0.6 is 11.8 Å². The van der Waals surface area contributed by atoms with E-state index in [4.69, 9.17) is 23.7 Å². The van der Waals surface area contributed by atoms with E-state index in [0.717, 1.165) is 17.3 Å². The minimum atomic E-state index is -0.543. The monoisotopic (exact) mass is 593 g/mol. The second kappa shape index (κ2) is 13.8. The van der Waals surface area contributed by atoms with Crippen molar-refractivity contribution in [3.05, 3.63) is 76.1 Å². The van der Waals surface area contributed by atoms with Crippen LogP contribution in [0.1, 0.15) is 15.9 Å². The third kappa shape index (κ3) is 6.77.